The SMILES string of the molecule is C=CCOc1ccc([C@H]2C(C(=O)OCC)=C(C)N=c3s/c(=C\c4ccc(OC(C)=O)c(OCC)c4)c(=O)n32)cc1OCC. The molecule has 0 saturated carbocycles. The topological polar surface area (TPSA) is 115 Å². The average Bonchev–Trinajstić information content (AvgIpc) is 3.27. The van der Waals surface area contributed by atoms with Gasteiger partial charge in [-0.2, -0.15) is 0 Å². The molecule has 0 radical (unpaired) electrons. The average molecular weight is 607 g/mol. The number of carbonyl (C=O) groups excluding carboxylic acids is 2. The lowest BCUT2D eigenvalue weighted by Crippen LogP contribution is -2.40. The van der Waals surface area contributed by atoms with Crippen molar-refractivity contribution < 1.29 is 33.3 Å². The van der Waals surface area contributed by atoms with Crippen molar-refractivity contribution in [3.8, 4) is 23.0 Å². The van der Waals surface area contributed by atoms with Gasteiger partial charge in [0, 0.05) is 6.92 Å². The molecule has 0 bridgehead atoms. The quantitative estimate of drug-likeness (QED) is 0.172. The molecule has 2 aromatic carbocycles. The molecule has 1 atom stereocenters. The lowest BCUT2D eigenvalue weighted by molar-refractivity contribution is -0.139. The Morgan fingerprint density at radius 2 is 1.67 bits per heavy atom. The van der Waals surface area contributed by atoms with Gasteiger partial charge in [-0.25, -0.2) is 9.79 Å². The Labute approximate surface area is 253 Å². The molecule has 3 aromatic rings. The second-order valence-corrected chi connectivity index (χ2v) is 10.3. The third kappa shape index (κ3) is 6.89. The highest BCUT2D eigenvalue weighted by atomic mass is 32.1. The zero-order valence-electron chi connectivity index (χ0n) is 24.8. The number of esters is 2. The summed E-state index contributed by atoms with van der Waals surface area (Å²) in [5, 5.41) is 0. The maximum absolute atomic E-state index is 14.0. The molecule has 11 heteroatoms. The number of thiazole rings is 1. The van der Waals surface area contributed by atoms with Crippen LogP contribution in [0.1, 0.15) is 51.8 Å². The van der Waals surface area contributed by atoms with Crippen LogP contribution in [0.3, 0.4) is 0 Å². The van der Waals surface area contributed by atoms with Crippen LogP contribution >= 0.6 is 11.3 Å². The predicted molar refractivity (Wildman–Crippen MR) is 163 cm³/mol. The highest BCUT2D eigenvalue weighted by Gasteiger charge is 2.34. The van der Waals surface area contributed by atoms with Gasteiger partial charge in [0.15, 0.2) is 27.8 Å². The van der Waals surface area contributed by atoms with Crippen molar-refractivity contribution in [1.82, 2.24) is 4.57 Å². The summed E-state index contributed by atoms with van der Waals surface area (Å²) in [6.07, 6.45) is 3.34. The minimum absolute atomic E-state index is 0.163. The van der Waals surface area contributed by atoms with Crippen LogP contribution in [0.4, 0.5) is 0 Å². The fourth-order valence-corrected chi connectivity index (χ4v) is 5.66. The Balaban J connectivity index is 1.90. The van der Waals surface area contributed by atoms with Gasteiger partial charge in [0.1, 0.15) is 6.61 Å². The van der Waals surface area contributed by atoms with Gasteiger partial charge in [0.25, 0.3) is 5.56 Å². The molecular weight excluding hydrogens is 572 g/mol. The van der Waals surface area contributed by atoms with Crippen molar-refractivity contribution in [3.63, 3.8) is 0 Å². The lowest BCUT2D eigenvalue weighted by Gasteiger charge is -2.25. The summed E-state index contributed by atoms with van der Waals surface area (Å²) < 4.78 is 29.8. The Kier molecular flexibility index (Phi) is 10.2. The molecule has 4 rings (SSSR count). The van der Waals surface area contributed by atoms with Gasteiger partial charge in [0.2, 0.25) is 0 Å². The number of allylic oxidation sites excluding steroid dienone is 1. The predicted octanol–water partition coefficient (Wildman–Crippen LogP) is 4.09. The molecule has 1 aromatic heterocycles. The van der Waals surface area contributed by atoms with E-state index in [1.165, 1.54) is 22.8 Å². The summed E-state index contributed by atoms with van der Waals surface area (Å²) in [4.78, 5) is 43.9. The van der Waals surface area contributed by atoms with E-state index in [2.05, 4.69) is 11.6 Å². The van der Waals surface area contributed by atoms with Crippen molar-refractivity contribution in [3.05, 3.63) is 91.1 Å². The van der Waals surface area contributed by atoms with Crippen molar-refractivity contribution in [2.75, 3.05) is 26.4 Å². The lowest BCUT2D eigenvalue weighted by atomic mass is 9.95. The number of fused-ring (bicyclic) bond motifs is 1. The summed E-state index contributed by atoms with van der Waals surface area (Å²) >= 11 is 1.20. The normalized spacial score (nSPS) is 14.4. The molecule has 0 aliphatic carbocycles. The number of carbonyl (C=O) groups is 2. The van der Waals surface area contributed by atoms with Crippen LogP contribution in [0.25, 0.3) is 6.08 Å². The standard InChI is InChI=1S/C32H34N2O8S/c1-7-15-41-23-14-12-22(18-26(23)39-9-3)29-28(31(37)40-10-4)19(5)33-32-34(29)30(36)27(43-32)17-21-11-13-24(42-20(6)35)25(16-21)38-8-2/h7,11-14,16-18,29H,1,8-10,15H2,2-6H3/b27-17-/t29-/m0/s1. The number of hydrogen-bond donors (Lipinski definition) is 0. The zero-order valence-corrected chi connectivity index (χ0v) is 25.6. The summed E-state index contributed by atoms with van der Waals surface area (Å²) in [5.41, 5.74) is 1.65. The second kappa shape index (κ2) is 14.0. The second-order valence-electron chi connectivity index (χ2n) is 9.27. The Bertz CT molecular complexity index is 1750. The molecule has 0 N–H and O–H groups in total. The van der Waals surface area contributed by atoms with E-state index < -0.39 is 18.0 Å². The van der Waals surface area contributed by atoms with Crippen LogP contribution in [-0.4, -0.2) is 42.9 Å². The number of nitrogens with zero attached hydrogens (tertiary/aromatic N) is 2. The van der Waals surface area contributed by atoms with E-state index in [4.69, 9.17) is 23.7 Å². The van der Waals surface area contributed by atoms with Gasteiger partial charge in [-0.05, 0) is 69.2 Å². The van der Waals surface area contributed by atoms with Crippen LogP contribution in [0.5, 0.6) is 23.0 Å². The first-order valence-electron chi connectivity index (χ1n) is 13.9. The van der Waals surface area contributed by atoms with Crippen molar-refractivity contribution in [1.29, 1.82) is 0 Å². The van der Waals surface area contributed by atoms with E-state index in [0.717, 1.165) is 0 Å². The van der Waals surface area contributed by atoms with Gasteiger partial charge in [-0.1, -0.05) is 36.1 Å². The molecule has 1 aliphatic rings. The van der Waals surface area contributed by atoms with Gasteiger partial charge >= 0.3 is 11.9 Å². The van der Waals surface area contributed by atoms with Crippen molar-refractivity contribution in [2.45, 2.75) is 40.7 Å². The van der Waals surface area contributed by atoms with E-state index in [1.807, 2.05) is 13.8 Å². The number of aromatic nitrogens is 1. The first-order valence-corrected chi connectivity index (χ1v) is 14.7. The molecule has 43 heavy (non-hydrogen) atoms. The van der Waals surface area contributed by atoms with E-state index in [1.54, 1.807) is 62.4 Å². The third-order valence-corrected chi connectivity index (χ3v) is 7.26. The highest BCUT2D eigenvalue weighted by molar-refractivity contribution is 7.07. The van der Waals surface area contributed by atoms with E-state index in [-0.39, 0.29) is 30.1 Å². The minimum atomic E-state index is -0.824. The molecule has 1 aliphatic heterocycles. The van der Waals surface area contributed by atoms with Gasteiger partial charge < -0.3 is 23.7 Å². The van der Waals surface area contributed by atoms with Gasteiger partial charge in [-0.15, -0.1) is 0 Å². The third-order valence-electron chi connectivity index (χ3n) is 6.28. The maximum atomic E-state index is 14.0. The van der Waals surface area contributed by atoms with Crippen LogP contribution in [0, 0.1) is 0 Å². The van der Waals surface area contributed by atoms with Crippen LogP contribution in [0.2, 0.25) is 0 Å². The first kappa shape index (κ1) is 31.3. The monoisotopic (exact) mass is 606 g/mol. The maximum Gasteiger partial charge on any atom is 0.338 e. The molecule has 10 nitrogen and oxygen atoms in total. The van der Waals surface area contributed by atoms with Crippen LogP contribution in [-0.2, 0) is 14.3 Å². The van der Waals surface area contributed by atoms with Crippen LogP contribution in [0.15, 0.2) is 70.1 Å². The largest absolute Gasteiger partial charge is 0.490 e. The first-order chi connectivity index (χ1) is 20.7. The summed E-state index contributed by atoms with van der Waals surface area (Å²) in [6, 6.07) is 9.53. The molecule has 0 fully saturated rings. The van der Waals surface area contributed by atoms with Crippen molar-refractivity contribution in [2.24, 2.45) is 4.99 Å². The molecule has 0 saturated heterocycles. The van der Waals surface area contributed by atoms with Crippen LogP contribution < -0.4 is 33.8 Å². The molecule has 0 amide bonds. The fraction of sp³-hybridized carbons (Fsp3) is 0.312. The van der Waals surface area contributed by atoms with E-state index >= 15 is 0 Å². The van der Waals surface area contributed by atoms with E-state index in [0.29, 0.717) is 56.6 Å². The number of ether oxygens (including phenoxy) is 5. The summed E-state index contributed by atoms with van der Waals surface area (Å²) in [5.74, 6) is 0.614. The smallest absolute Gasteiger partial charge is 0.338 e. The number of rotatable bonds is 12. The Morgan fingerprint density at radius 1 is 0.977 bits per heavy atom. The summed E-state index contributed by atoms with van der Waals surface area (Å²) in [6.45, 7) is 13.3. The minimum Gasteiger partial charge on any atom is -0.490 e. The number of hydrogen-bond acceptors (Lipinski definition) is 10. The summed E-state index contributed by atoms with van der Waals surface area (Å²) in [7, 11) is 0. The van der Waals surface area contributed by atoms with Crippen molar-refractivity contribution >= 4 is 29.4 Å². The molecule has 226 valence electrons. The van der Waals surface area contributed by atoms with E-state index in [9.17, 15) is 14.4 Å². The Hall–Kier alpha value is -4.64. The molecule has 0 spiro atoms. The number of benzene rings is 2. The highest BCUT2D eigenvalue weighted by Crippen LogP contribution is 2.36. The van der Waals surface area contributed by atoms with Gasteiger partial charge in [-0.3, -0.25) is 14.2 Å². The fourth-order valence-electron chi connectivity index (χ4n) is 4.61. The Morgan fingerprint density at radius 3 is 2.33 bits per heavy atom. The zero-order chi connectivity index (χ0) is 31.1. The van der Waals surface area contributed by atoms with Gasteiger partial charge in [0.05, 0.1) is 41.7 Å². The molecule has 2 heterocycles. The molecule has 0 unspecified atom stereocenters. The molecular formula is C32H34N2O8S.